The highest BCUT2D eigenvalue weighted by atomic mass is 16.3. The minimum Gasteiger partial charge on any atom is -0.396 e. The highest BCUT2D eigenvalue weighted by Gasteiger charge is 2.21. The van der Waals surface area contributed by atoms with Crippen molar-refractivity contribution in [1.29, 1.82) is 0 Å². The number of aliphatic hydroxyl groups excluding tert-OH is 1. The largest absolute Gasteiger partial charge is 0.396 e. The van der Waals surface area contributed by atoms with E-state index in [0.29, 0.717) is 24.2 Å². The first-order valence-corrected chi connectivity index (χ1v) is 10.5. The molecular formula is C26H40O2. The van der Waals surface area contributed by atoms with Gasteiger partial charge in [0.25, 0.3) is 0 Å². The van der Waals surface area contributed by atoms with Crippen LogP contribution in [0, 0.1) is 6.92 Å². The Morgan fingerprint density at radius 2 is 1.29 bits per heavy atom. The van der Waals surface area contributed by atoms with Crippen molar-refractivity contribution in [3.8, 4) is 0 Å². The van der Waals surface area contributed by atoms with Crippen LogP contribution in [0.3, 0.4) is 0 Å². The summed E-state index contributed by atoms with van der Waals surface area (Å²) >= 11 is 0. The molecule has 0 fully saturated rings. The van der Waals surface area contributed by atoms with Crippen LogP contribution in [0.25, 0.3) is 0 Å². The van der Waals surface area contributed by atoms with Crippen LogP contribution in [0.4, 0.5) is 0 Å². The van der Waals surface area contributed by atoms with Gasteiger partial charge in [0.15, 0.2) is 0 Å². The fourth-order valence-electron chi connectivity index (χ4n) is 3.48. The van der Waals surface area contributed by atoms with Crippen LogP contribution in [0.1, 0.15) is 100 Å². The van der Waals surface area contributed by atoms with E-state index in [0.717, 1.165) is 5.56 Å². The van der Waals surface area contributed by atoms with Gasteiger partial charge in [-0.05, 0) is 59.4 Å². The highest BCUT2D eigenvalue weighted by molar-refractivity contribution is 5.42. The monoisotopic (exact) mass is 384 g/mol. The molecule has 0 saturated heterocycles. The van der Waals surface area contributed by atoms with E-state index in [2.05, 4.69) is 60.6 Å². The molecule has 0 radical (unpaired) electrons. The molecule has 1 unspecified atom stereocenters. The van der Waals surface area contributed by atoms with Crippen LogP contribution >= 0.6 is 0 Å². The predicted molar refractivity (Wildman–Crippen MR) is 121 cm³/mol. The first kappa shape index (κ1) is 24.4. The first-order chi connectivity index (χ1) is 13.0. The third kappa shape index (κ3) is 6.76. The molecule has 2 nitrogen and oxygen atoms in total. The Balaban J connectivity index is 0.000000292. The van der Waals surface area contributed by atoms with Crippen LogP contribution in [0.15, 0.2) is 42.5 Å². The molecule has 0 aliphatic heterocycles. The molecule has 0 heterocycles. The number of benzene rings is 2. The maximum Gasteiger partial charge on any atom is 0.0890 e. The molecule has 28 heavy (non-hydrogen) atoms. The Morgan fingerprint density at radius 3 is 1.64 bits per heavy atom. The van der Waals surface area contributed by atoms with Crippen LogP contribution in [-0.4, -0.2) is 16.8 Å². The van der Waals surface area contributed by atoms with Gasteiger partial charge in [-0.15, -0.1) is 0 Å². The Labute approximate surface area is 172 Å². The van der Waals surface area contributed by atoms with Gasteiger partial charge in [0, 0.05) is 13.0 Å². The van der Waals surface area contributed by atoms with Gasteiger partial charge in [-0.25, -0.2) is 0 Å². The highest BCUT2D eigenvalue weighted by Crippen LogP contribution is 2.31. The second-order valence-electron chi connectivity index (χ2n) is 8.90. The zero-order chi connectivity index (χ0) is 21.5. The molecule has 0 aliphatic carbocycles. The molecule has 0 bridgehead atoms. The lowest BCUT2D eigenvalue weighted by molar-refractivity contribution is 0.0299. The number of rotatable bonds is 6. The Morgan fingerprint density at radius 1 is 0.821 bits per heavy atom. The fraction of sp³-hybridized carbons (Fsp3) is 0.538. The molecule has 0 aliphatic rings. The Bertz CT molecular complexity index is 683. The SMILES string of the molecule is CC(O)(CCO)c1ccccc1.Cc1c(C(C)C)cc(C(C)C)cc1C(C)C. The molecule has 0 aromatic heterocycles. The van der Waals surface area contributed by atoms with E-state index in [1.807, 2.05) is 30.3 Å². The van der Waals surface area contributed by atoms with E-state index < -0.39 is 5.60 Å². The van der Waals surface area contributed by atoms with Crippen molar-refractivity contribution in [3.63, 3.8) is 0 Å². The van der Waals surface area contributed by atoms with Crippen molar-refractivity contribution in [1.82, 2.24) is 0 Å². The standard InChI is InChI=1S/C16H26.C10H14O2/c1-10(2)14-8-15(11(3)4)13(7)16(9-14)12(5)6;1-10(12,7-8-11)9-5-3-2-4-6-9/h8-12H,1-7H3;2-6,11-12H,7-8H2,1H3. The number of hydrogen-bond acceptors (Lipinski definition) is 2. The van der Waals surface area contributed by atoms with Crippen molar-refractivity contribution in [2.24, 2.45) is 0 Å². The minimum absolute atomic E-state index is 0.00188. The summed E-state index contributed by atoms with van der Waals surface area (Å²) < 4.78 is 0. The van der Waals surface area contributed by atoms with Crippen LogP contribution < -0.4 is 0 Å². The van der Waals surface area contributed by atoms with E-state index in [9.17, 15) is 5.11 Å². The minimum atomic E-state index is -0.907. The molecule has 0 spiro atoms. The average molecular weight is 385 g/mol. The van der Waals surface area contributed by atoms with E-state index in [4.69, 9.17) is 5.11 Å². The van der Waals surface area contributed by atoms with Gasteiger partial charge in [0.1, 0.15) is 0 Å². The predicted octanol–water partition coefficient (Wildman–Crippen LogP) is 6.64. The van der Waals surface area contributed by atoms with E-state index in [-0.39, 0.29) is 6.61 Å². The van der Waals surface area contributed by atoms with E-state index in [1.165, 1.54) is 22.3 Å². The summed E-state index contributed by atoms with van der Waals surface area (Å²) in [5.74, 6) is 1.86. The molecule has 156 valence electrons. The van der Waals surface area contributed by atoms with E-state index >= 15 is 0 Å². The maximum atomic E-state index is 9.83. The summed E-state index contributed by atoms with van der Waals surface area (Å²) in [6.45, 7) is 17.7. The molecule has 1 atom stereocenters. The summed E-state index contributed by atoms with van der Waals surface area (Å²) in [5.41, 5.74) is 5.96. The molecule has 0 saturated carbocycles. The van der Waals surface area contributed by atoms with Gasteiger partial charge in [-0.1, -0.05) is 84.0 Å². The molecule has 2 aromatic carbocycles. The summed E-state index contributed by atoms with van der Waals surface area (Å²) in [6.07, 6.45) is 0.372. The lowest BCUT2D eigenvalue weighted by Crippen LogP contribution is -2.22. The lowest BCUT2D eigenvalue weighted by atomic mass is 9.85. The second-order valence-corrected chi connectivity index (χ2v) is 8.90. The summed E-state index contributed by atoms with van der Waals surface area (Å²) in [6, 6.07) is 14.2. The molecule has 2 aromatic rings. The normalized spacial score (nSPS) is 13.5. The quantitative estimate of drug-likeness (QED) is 0.586. The summed E-state index contributed by atoms with van der Waals surface area (Å²) in [7, 11) is 0. The lowest BCUT2D eigenvalue weighted by Gasteiger charge is -2.22. The molecule has 0 amide bonds. The van der Waals surface area contributed by atoms with Crippen molar-refractivity contribution >= 4 is 0 Å². The fourth-order valence-corrected chi connectivity index (χ4v) is 3.48. The molecule has 2 N–H and O–H groups in total. The smallest absolute Gasteiger partial charge is 0.0890 e. The van der Waals surface area contributed by atoms with Crippen molar-refractivity contribution in [2.75, 3.05) is 6.61 Å². The zero-order valence-electron chi connectivity index (χ0n) is 19.1. The molecular weight excluding hydrogens is 344 g/mol. The Hall–Kier alpha value is -1.64. The molecule has 2 heteroatoms. The van der Waals surface area contributed by atoms with Gasteiger partial charge >= 0.3 is 0 Å². The van der Waals surface area contributed by atoms with Gasteiger partial charge in [0.05, 0.1) is 5.60 Å². The third-order valence-corrected chi connectivity index (χ3v) is 5.42. The van der Waals surface area contributed by atoms with E-state index in [1.54, 1.807) is 6.92 Å². The van der Waals surface area contributed by atoms with Gasteiger partial charge < -0.3 is 10.2 Å². The van der Waals surface area contributed by atoms with Gasteiger partial charge in [-0.3, -0.25) is 0 Å². The van der Waals surface area contributed by atoms with Crippen LogP contribution in [-0.2, 0) is 5.60 Å². The number of hydrogen-bond donors (Lipinski definition) is 2. The van der Waals surface area contributed by atoms with Crippen LogP contribution in [0.5, 0.6) is 0 Å². The zero-order valence-corrected chi connectivity index (χ0v) is 19.1. The second kappa shape index (κ2) is 10.8. The third-order valence-electron chi connectivity index (χ3n) is 5.42. The average Bonchev–Trinajstić information content (AvgIpc) is 2.62. The molecule has 2 rings (SSSR count). The number of aliphatic hydroxyl groups is 2. The van der Waals surface area contributed by atoms with Gasteiger partial charge in [-0.2, -0.15) is 0 Å². The van der Waals surface area contributed by atoms with Crippen molar-refractivity contribution in [3.05, 3.63) is 70.3 Å². The van der Waals surface area contributed by atoms with Gasteiger partial charge in [0.2, 0.25) is 0 Å². The first-order valence-electron chi connectivity index (χ1n) is 10.5. The maximum absolute atomic E-state index is 9.83. The van der Waals surface area contributed by atoms with Crippen molar-refractivity contribution in [2.45, 2.75) is 85.2 Å². The summed E-state index contributed by atoms with van der Waals surface area (Å²) in [5, 5.41) is 18.5. The van der Waals surface area contributed by atoms with Crippen LogP contribution in [0.2, 0.25) is 0 Å². The topological polar surface area (TPSA) is 40.5 Å². The summed E-state index contributed by atoms with van der Waals surface area (Å²) in [4.78, 5) is 0. The Kier molecular flexibility index (Phi) is 9.39. The van der Waals surface area contributed by atoms with Crippen molar-refractivity contribution < 1.29 is 10.2 Å².